The predicted molar refractivity (Wildman–Crippen MR) is 44.2 cm³/mol. The summed E-state index contributed by atoms with van der Waals surface area (Å²) in [4.78, 5) is 0. The van der Waals surface area contributed by atoms with E-state index < -0.39 is 5.60 Å². The number of hydrogen-bond donors (Lipinski definition) is 1. The van der Waals surface area contributed by atoms with Crippen LogP contribution in [-0.2, 0) is 15.1 Å². The molecular weight excluding hydrogens is 172 g/mol. The summed E-state index contributed by atoms with van der Waals surface area (Å²) in [5.41, 5.74) is -0.349. The van der Waals surface area contributed by atoms with E-state index in [0.717, 1.165) is 0 Å². The maximum absolute atomic E-state index is 10.1. The van der Waals surface area contributed by atoms with Crippen LogP contribution in [0.1, 0.15) is 5.56 Å². The van der Waals surface area contributed by atoms with Crippen LogP contribution in [0.3, 0.4) is 0 Å². The minimum Gasteiger partial charge on any atom is -0.472 e. The van der Waals surface area contributed by atoms with Gasteiger partial charge in [-0.1, -0.05) is 0 Å². The first-order valence-corrected chi connectivity index (χ1v) is 4.22. The van der Waals surface area contributed by atoms with Gasteiger partial charge in [-0.15, -0.1) is 0 Å². The number of hydrogen-bond acceptors (Lipinski definition) is 4. The standard InChI is InChI=1S/C9H12O4/c10-9(8-1-2-11-5-8)6-12-3-4-13-7-9/h1-2,5,10H,3-4,6-7H2. The van der Waals surface area contributed by atoms with Gasteiger partial charge in [0.1, 0.15) is 5.60 Å². The van der Waals surface area contributed by atoms with Gasteiger partial charge in [0.05, 0.1) is 39.0 Å². The Balaban J connectivity index is 2.17. The van der Waals surface area contributed by atoms with Gasteiger partial charge in [0.25, 0.3) is 0 Å². The van der Waals surface area contributed by atoms with Crippen molar-refractivity contribution >= 4 is 0 Å². The molecule has 0 aromatic carbocycles. The third kappa shape index (κ3) is 1.75. The summed E-state index contributed by atoms with van der Waals surface area (Å²) in [6.45, 7) is 1.57. The second-order valence-corrected chi connectivity index (χ2v) is 3.15. The van der Waals surface area contributed by atoms with Crippen molar-refractivity contribution in [1.82, 2.24) is 0 Å². The van der Waals surface area contributed by atoms with Crippen LogP contribution in [0.2, 0.25) is 0 Å². The molecule has 1 aromatic rings. The first-order chi connectivity index (χ1) is 6.31. The summed E-state index contributed by atoms with van der Waals surface area (Å²) in [7, 11) is 0. The third-order valence-corrected chi connectivity index (χ3v) is 2.11. The molecule has 1 saturated heterocycles. The van der Waals surface area contributed by atoms with Gasteiger partial charge in [-0.05, 0) is 6.07 Å². The SMILES string of the molecule is OC1(c2ccoc2)COCCOC1. The molecule has 0 unspecified atom stereocenters. The summed E-state index contributed by atoms with van der Waals surface area (Å²) >= 11 is 0. The van der Waals surface area contributed by atoms with Gasteiger partial charge in [0.15, 0.2) is 0 Å². The quantitative estimate of drug-likeness (QED) is 0.691. The predicted octanol–water partition coefficient (Wildman–Crippen LogP) is 0.514. The molecule has 4 heteroatoms. The van der Waals surface area contributed by atoms with Crippen LogP contribution in [0.15, 0.2) is 23.0 Å². The van der Waals surface area contributed by atoms with E-state index in [1.54, 1.807) is 6.07 Å². The van der Waals surface area contributed by atoms with E-state index in [9.17, 15) is 5.11 Å². The Morgan fingerprint density at radius 3 is 2.46 bits per heavy atom. The summed E-state index contributed by atoms with van der Waals surface area (Å²) in [6.07, 6.45) is 3.04. The van der Waals surface area contributed by atoms with Crippen molar-refractivity contribution in [2.75, 3.05) is 26.4 Å². The second-order valence-electron chi connectivity index (χ2n) is 3.15. The Kier molecular flexibility index (Phi) is 2.35. The van der Waals surface area contributed by atoms with E-state index in [2.05, 4.69) is 0 Å². The van der Waals surface area contributed by atoms with Gasteiger partial charge in [-0.25, -0.2) is 0 Å². The monoisotopic (exact) mass is 184 g/mol. The highest BCUT2D eigenvalue weighted by Crippen LogP contribution is 2.23. The fourth-order valence-electron chi connectivity index (χ4n) is 1.34. The van der Waals surface area contributed by atoms with Crippen molar-refractivity contribution in [3.8, 4) is 0 Å². The van der Waals surface area contributed by atoms with Crippen LogP contribution in [-0.4, -0.2) is 31.5 Å². The lowest BCUT2D eigenvalue weighted by Crippen LogP contribution is -2.34. The fraction of sp³-hybridized carbons (Fsp3) is 0.556. The van der Waals surface area contributed by atoms with Crippen molar-refractivity contribution in [3.05, 3.63) is 24.2 Å². The molecule has 0 atom stereocenters. The Hall–Kier alpha value is -0.840. The summed E-state index contributed by atoms with van der Waals surface area (Å²) < 4.78 is 15.3. The van der Waals surface area contributed by atoms with Gasteiger partial charge < -0.3 is 19.0 Å². The molecule has 0 saturated carbocycles. The third-order valence-electron chi connectivity index (χ3n) is 2.11. The zero-order chi connectivity index (χ0) is 9.15. The number of rotatable bonds is 1. The number of aliphatic hydroxyl groups is 1. The number of ether oxygens (including phenoxy) is 2. The van der Waals surface area contributed by atoms with Crippen LogP contribution in [0.5, 0.6) is 0 Å². The Bertz CT molecular complexity index is 247. The largest absolute Gasteiger partial charge is 0.472 e. The van der Waals surface area contributed by atoms with Crippen molar-refractivity contribution in [2.45, 2.75) is 5.60 Å². The van der Waals surface area contributed by atoms with E-state index in [-0.39, 0.29) is 13.2 Å². The van der Waals surface area contributed by atoms with Gasteiger partial charge in [-0.3, -0.25) is 0 Å². The molecule has 2 heterocycles. The van der Waals surface area contributed by atoms with Crippen molar-refractivity contribution in [2.24, 2.45) is 0 Å². The highest BCUT2D eigenvalue weighted by molar-refractivity contribution is 5.16. The van der Waals surface area contributed by atoms with Crippen LogP contribution in [0.4, 0.5) is 0 Å². The smallest absolute Gasteiger partial charge is 0.139 e. The maximum atomic E-state index is 10.1. The molecule has 1 aliphatic heterocycles. The van der Waals surface area contributed by atoms with E-state index in [4.69, 9.17) is 13.9 Å². The lowest BCUT2D eigenvalue weighted by molar-refractivity contribution is -0.0602. The van der Waals surface area contributed by atoms with E-state index >= 15 is 0 Å². The summed E-state index contributed by atoms with van der Waals surface area (Å²) in [5.74, 6) is 0. The Morgan fingerprint density at radius 1 is 1.23 bits per heavy atom. The molecule has 1 aromatic heterocycles. The van der Waals surface area contributed by atoms with Gasteiger partial charge >= 0.3 is 0 Å². The lowest BCUT2D eigenvalue weighted by atomic mass is 9.99. The molecular formula is C9H12O4. The van der Waals surface area contributed by atoms with E-state index in [1.165, 1.54) is 12.5 Å². The highest BCUT2D eigenvalue weighted by atomic mass is 16.6. The first-order valence-electron chi connectivity index (χ1n) is 4.22. The molecule has 1 fully saturated rings. The van der Waals surface area contributed by atoms with Crippen molar-refractivity contribution in [3.63, 3.8) is 0 Å². The van der Waals surface area contributed by atoms with Crippen molar-refractivity contribution in [1.29, 1.82) is 0 Å². The van der Waals surface area contributed by atoms with E-state index in [1.807, 2.05) is 0 Å². The zero-order valence-electron chi connectivity index (χ0n) is 7.23. The topological polar surface area (TPSA) is 51.8 Å². The Morgan fingerprint density at radius 2 is 1.92 bits per heavy atom. The molecule has 0 spiro atoms. The number of furan rings is 1. The average Bonchev–Trinajstić information content (AvgIpc) is 2.57. The molecule has 0 bridgehead atoms. The molecule has 4 nitrogen and oxygen atoms in total. The molecule has 0 aliphatic carbocycles. The van der Waals surface area contributed by atoms with Crippen LogP contribution < -0.4 is 0 Å². The molecule has 0 amide bonds. The summed E-state index contributed by atoms with van der Waals surface area (Å²) in [5, 5.41) is 10.1. The van der Waals surface area contributed by atoms with Crippen molar-refractivity contribution < 1.29 is 19.0 Å². The van der Waals surface area contributed by atoms with Crippen LogP contribution in [0.25, 0.3) is 0 Å². The fourth-order valence-corrected chi connectivity index (χ4v) is 1.34. The molecule has 2 rings (SSSR count). The van der Waals surface area contributed by atoms with Gasteiger partial charge in [0.2, 0.25) is 0 Å². The lowest BCUT2D eigenvalue weighted by Gasteiger charge is -2.23. The minimum atomic E-state index is -1.05. The molecule has 1 N–H and O–H groups in total. The molecule has 0 radical (unpaired) electrons. The molecule has 1 aliphatic rings. The first kappa shape index (κ1) is 8.74. The summed E-state index contributed by atoms with van der Waals surface area (Å²) in [6, 6.07) is 1.72. The van der Waals surface area contributed by atoms with Gasteiger partial charge in [0, 0.05) is 5.56 Å². The average molecular weight is 184 g/mol. The maximum Gasteiger partial charge on any atom is 0.139 e. The molecule has 72 valence electrons. The zero-order valence-corrected chi connectivity index (χ0v) is 7.23. The normalized spacial score (nSPS) is 22.5. The Labute approximate surface area is 76.1 Å². The minimum absolute atomic E-state index is 0.256. The molecule has 13 heavy (non-hydrogen) atoms. The van der Waals surface area contributed by atoms with E-state index in [0.29, 0.717) is 18.8 Å². The van der Waals surface area contributed by atoms with Crippen LogP contribution in [0, 0.1) is 0 Å². The highest BCUT2D eigenvalue weighted by Gasteiger charge is 2.32. The van der Waals surface area contributed by atoms with Crippen LogP contribution >= 0.6 is 0 Å². The second kappa shape index (κ2) is 3.49. The van der Waals surface area contributed by atoms with Gasteiger partial charge in [-0.2, -0.15) is 0 Å².